The molecule has 0 aliphatic carbocycles. The number of rotatable bonds is 4. The van der Waals surface area contributed by atoms with E-state index in [-0.39, 0.29) is 6.61 Å². The summed E-state index contributed by atoms with van der Waals surface area (Å²) in [6, 6.07) is 9.11. The lowest BCUT2D eigenvalue weighted by molar-refractivity contribution is 0.295. The molecule has 2 aromatic carbocycles. The van der Waals surface area contributed by atoms with Crippen LogP contribution in [-0.2, 0) is 11.9 Å². The Morgan fingerprint density at radius 1 is 1.05 bits per heavy atom. The second-order valence-corrected chi connectivity index (χ2v) is 5.30. The quantitative estimate of drug-likeness (QED) is 0.650. The fourth-order valence-corrected chi connectivity index (χ4v) is 2.57. The van der Waals surface area contributed by atoms with Gasteiger partial charge in [-0.2, -0.15) is 0 Å². The summed E-state index contributed by atoms with van der Waals surface area (Å²) in [5.41, 5.74) is 1.27. The lowest BCUT2D eigenvalue weighted by Crippen LogP contribution is -2.01. The van der Waals surface area contributed by atoms with E-state index in [1.54, 1.807) is 0 Å². The first kappa shape index (κ1) is 14.5. The van der Waals surface area contributed by atoms with Crippen LogP contribution >= 0.6 is 31.9 Å². The van der Waals surface area contributed by atoms with E-state index in [2.05, 4.69) is 31.9 Å². The van der Waals surface area contributed by atoms with Crippen molar-refractivity contribution in [2.75, 3.05) is 0 Å². The summed E-state index contributed by atoms with van der Waals surface area (Å²) in [5.74, 6) is -0.543. The van der Waals surface area contributed by atoms with E-state index in [0.29, 0.717) is 16.6 Å². The predicted octanol–water partition coefficient (Wildman–Crippen LogP) is 5.20. The molecule has 0 amide bonds. The van der Waals surface area contributed by atoms with Gasteiger partial charge in [0.05, 0.1) is 4.47 Å². The molecule has 0 aromatic heterocycles. The van der Waals surface area contributed by atoms with E-state index < -0.39 is 11.6 Å². The highest BCUT2D eigenvalue weighted by molar-refractivity contribution is 9.10. The lowest BCUT2D eigenvalue weighted by Gasteiger charge is -2.12. The van der Waals surface area contributed by atoms with Gasteiger partial charge in [0.15, 0.2) is 0 Å². The van der Waals surface area contributed by atoms with Crippen LogP contribution in [0, 0.1) is 11.6 Å². The molecule has 0 saturated heterocycles. The summed E-state index contributed by atoms with van der Waals surface area (Å²) < 4.78 is 32.7. The van der Waals surface area contributed by atoms with Crippen molar-refractivity contribution in [2.24, 2.45) is 0 Å². The van der Waals surface area contributed by atoms with Crippen LogP contribution in [0.1, 0.15) is 11.1 Å². The Morgan fingerprint density at radius 2 is 1.84 bits per heavy atom. The van der Waals surface area contributed by atoms with Gasteiger partial charge in [-0.3, -0.25) is 0 Å². The topological polar surface area (TPSA) is 9.23 Å². The minimum absolute atomic E-state index is 0.0503. The van der Waals surface area contributed by atoms with E-state index >= 15 is 0 Å². The molecule has 0 aliphatic heterocycles. The Labute approximate surface area is 126 Å². The number of hydrogen-bond donors (Lipinski definition) is 0. The SMILES string of the molecule is Fc1ccc(COc2c(Br)cccc2CBr)c(F)c1. The fourth-order valence-electron chi connectivity index (χ4n) is 1.61. The minimum atomic E-state index is -0.604. The largest absolute Gasteiger partial charge is 0.487 e. The number of halogens is 4. The van der Waals surface area contributed by atoms with Gasteiger partial charge in [-0.05, 0) is 34.1 Å². The number of alkyl halides is 1. The van der Waals surface area contributed by atoms with Gasteiger partial charge in [0.2, 0.25) is 0 Å². The van der Waals surface area contributed by atoms with Gasteiger partial charge >= 0.3 is 0 Å². The normalized spacial score (nSPS) is 10.5. The maximum absolute atomic E-state index is 13.5. The molecular weight excluding hydrogens is 382 g/mol. The van der Waals surface area contributed by atoms with Crippen molar-refractivity contribution in [3.63, 3.8) is 0 Å². The van der Waals surface area contributed by atoms with Crippen molar-refractivity contribution in [1.82, 2.24) is 0 Å². The molecule has 0 N–H and O–H groups in total. The van der Waals surface area contributed by atoms with E-state index in [1.807, 2.05) is 18.2 Å². The van der Waals surface area contributed by atoms with Gasteiger partial charge in [0.25, 0.3) is 0 Å². The standard InChI is InChI=1S/C14H10Br2F2O/c15-7-9-2-1-3-12(16)14(9)19-8-10-4-5-11(17)6-13(10)18/h1-6H,7-8H2. The summed E-state index contributed by atoms with van der Waals surface area (Å²) in [7, 11) is 0. The monoisotopic (exact) mass is 390 g/mol. The van der Waals surface area contributed by atoms with Crippen molar-refractivity contribution in [2.45, 2.75) is 11.9 Å². The first-order chi connectivity index (χ1) is 9.11. The van der Waals surface area contributed by atoms with Crippen LogP contribution in [-0.4, -0.2) is 0 Å². The third kappa shape index (κ3) is 3.54. The highest BCUT2D eigenvalue weighted by Crippen LogP contribution is 2.31. The average Bonchev–Trinajstić information content (AvgIpc) is 2.39. The Morgan fingerprint density at radius 3 is 2.53 bits per heavy atom. The Balaban J connectivity index is 2.19. The third-order valence-electron chi connectivity index (χ3n) is 2.58. The second kappa shape index (κ2) is 6.48. The number of hydrogen-bond acceptors (Lipinski definition) is 1. The maximum atomic E-state index is 13.5. The van der Waals surface area contributed by atoms with Gasteiger partial charge < -0.3 is 4.74 Å². The van der Waals surface area contributed by atoms with Crippen LogP contribution < -0.4 is 4.74 Å². The predicted molar refractivity (Wildman–Crippen MR) is 77.5 cm³/mol. The molecule has 19 heavy (non-hydrogen) atoms. The summed E-state index contributed by atoms with van der Waals surface area (Å²) in [5, 5.41) is 0.633. The van der Waals surface area contributed by atoms with Gasteiger partial charge in [0, 0.05) is 22.5 Å². The van der Waals surface area contributed by atoms with Gasteiger partial charge in [-0.25, -0.2) is 8.78 Å². The van der Waals surface area contributed by atoms with E-state index in [4.69, 9.17) is 4.74 Å². The van der Waals surface area contributed by atoms with Gasteiger partial charge in [-0.1, -0.05) is 28.1 Å². The Kier molecular flexibility index (Phi) is 4.93. The van der Waals surface area contributed by atoms with E-state index in [9.17, 15) is 8.78 Å². The first-order valence-corrected chi connectivity index (χ1v) is 7.43. The zero-order valence-electron chi connectivity index (χ0n) is 9.80. The molecule has 0 bridgehead atoms. The molecule has 0 unspecified atom stereocenters. The van der Waals surface area contributed by atoms with Crippen LogP contribution in [0.3, 0.4) is 0 Å². The first-order valence-electron chi connectivity index (χ1n) is 5.52. The molecule has 0 atom stereocenters. The molecule has 5 heteroatoms. The smallest absolute Gasteiger partial charge is 0.138 e. The molecule has 100 valence electrons. The van der Waals surface area contributed by atoms with Crippen molar-refractivity contribution >= 4 is 31.9 Å². The van der Waals surface area contributed by atoms with Crippen LogP contribution in [0.2, 0.25) is 0 Å². The molecule has 1 nitrogen and oxygen atoms in total. The molecule has 0 aliphatic rings. The van der Waals surface area contributed by atoms with Crippen LogP contribution in [0.25, 0.3) is 0 Å². The lowest BCUT2D eigenvalue weighted by atomic mass is 10.2. The Bertz CT molecular complexity index is 588. The highest BCUT2D eigenvalue weighted by atomic mass is 79.9. The molecule has 0 fully saturated rings. The zero-order chi connectivity index (χ0) is 13.8. The molecular formula is C14H10Br2F2O. The van der Waals surface area contributed by atoms with Gasteiger partial charge in [0.1, 0.15) is 24.0 Å². The Hall–Kier alpha value is -0.940. The summed E-state index contributed by atoms with van der Waals surface area (Å²) >= 11 is 6.76. The zero-order valence-corrected chi connectivity index (χ0v) is 13.0. The third-order valence-corrected chi connectivity index (χ3v) is 3.81. The minimum Gasteiger partial charge on any atom is -0.487 e. The molecule has 0 spiro atoms. The molecule has 0 heterocycles. The number of para-hydroxylation sites is 1. The van der Waals surface area contributed by atoms with E-state index in [1.165, 1.54) is 12.1 Å². The van der Waals surface area contributed by atoms with Crippen molar-refractivity contribution < 1.29 is 13.5 Å². The van der Waals surface area contributed by atoms with Crippen LogP contribution in [0.15, 0.2) is 40.9 Å². The second-order valence-electron chi connectivity index (χ2n) is 3.89. The summed E-state index contributed by atoms with van der Waals surface area (Å²) in [4.78, 5) is 0. The van der Waals surface area contributed by atoms with E-state index in [0.717, 1.165) is 16.1 Å². The van der Waals surface area contributed by atoms with Crippen molar-refractivity contribution in [3.05, 3.63) is 63.6 Å². The number of benzene rings is 2. The fraction of sp³-hybridized carbons (Fsp3) is 0.143. The molecule has 0 saturated carbocycles. The number of ether oxygens (including phenoxy) is 1. The maximum Gasteiger partial charge on any atom is 0.138 e. The van der Waals surface area contributed by atoms with Gasteiger partial charge in [-0.15, -0.1) is 0 Å². The summed E-state index contributed by atoms with van der Waals surface area (Å²) in [6.45, 7) is 0.0503. The van der Waals surface area contributed by atoms with Crippen molar-refractivity contribution in [1.29, 1.82) is 0 Å². The highest BCUT2D eigenvalue weighted by Gasteiger charge is 2.09. The van der Waals surface area contributed by atoms with Crippen LogP contribution in [0.4, 0.5) is 8.78 Å². The molecule has 0 radical (unpaired) electrons. The molecule has 2 rings (SSSR count). The summed E-state index contributed by atoms with van der Waals surface area (Å²) in [6.07, 6.45) is 0. The van der Waals surface area contributed by atoms with Crippen molar-refractivity contribution in [3.8, 4) is 5.75 Å². The average molecular weight is 392 g/mol. The van der Waals surface area contributed by atoms with Crippen LogP contribution in [0.5, 0.6) is 5.75 Å². The molecule has 2 aromatic rings.